The largest absolute Gasteiger partial charge is 0.306 e. The number of rotatable bonds is 3. The molecule has 2 aliphatic rings. The maximum absolute atomic E-state index is 12.7. The van der Waals surface area contributed by atoms with Gasteiger partial charge in [0.25, 0.3) is 5.56 Å². The minimum atomic E-state index is -0.00915. The van der Waals surface area contributed by atoms with Crippen molar-refractivity contribution in [3.8, 4) is 11.4 Å². The van der Waals surface area contributed by atoms with Crippen molar-refractivity contribution in [3.05, 3.63) is 57.3 Å². The Balaban J connectivity index is 1.58. The van der Waals surface area contributed by atoms with Crippen molar-refractivity contribution in [1.82, 2.24) is 19.9 Å². The maximum Gasteiger partial charge on any atom is 0.255 e. The summed E-state index contributed by atoms with van der Waals surface area (Å²) in [6, 6.07) is 3.75. The molecule has 5 heteroatoms. The van der Waals surface area contributed by atoms with Crippen LogP contribution in [0.4, 0.5) is 0 Å². The van der Waals surface area contributed by atoms with E-state index in [4.69, 9.17) is 4.98 Å². The molecule has 3 heterocycles. The summed E-state index contributed by atoms with van der Waals surface area (Å²) in [7, 11) is 0. The van der Waals surface area contributed by atoms with E-state index >= 15 is 0 Å². The molecular weight excluding hydrogens is 336 g/mol. The fraction of sp³-hybridized carbons (Fsp3) is 0.500. The number of hydrogen-bond acceptors (Lipinski definition) is 4. The molecule has 5 nitrogen and oxygen atoms in total. The van der Waals surface area contributed by atoms with E-state index in [1.54, 1.807) is 18.0 Å². The average Bonchev–Trinajstić information content (AvgIpc) is 2.65. The zero-order valence-corrected chi connectivity index (χ0v) is 16.5. The molecule has 0 fully saturated rings. The Hall–Kier alpha value is -2.27. The smallest absolute Gasteiger partial charge is 0.255 e. The van der Waals surface area contributed by atoms with Crippen molar-refractivity contribution in [1.29, 1.82) is 0 Å². The minimum Gasteiger partial charge on any atom is -0.306 e. The second-order valence-corrected chi connectivity index (χ2v) is 8.53. The summed E-state index contributed by atoms with van der Waals surface area (Å²) < 4.78 is 0. The van der Waals surface area contributed by atoms with Gasteiger partial charge < -0.3 is 4.98 Å². The Morgan fingerprint density at radius 1 is 1.22 bits per heavy atom. The molecule has 1 N–H and O–H groups in total. The molecule has 1 aliphatic carbocycles. The van der Waals surface area contributed by atoms with Crippen LogP contribution in [-0.2, 0) is 13.0 Å². The maximum atomic E-state index is 12.7. The molecule has 0 radical (unpaired) electrons. The van der Waals surface area contributed by atoms with Crippen LogP contribution in [-0.4, -0.2) is 32.9 Å². The summed E-state index contributed by atoms with van der Waals surface area (Å²) in [5, 5.41) is 0. The molecule has 0 spiro atoms. The summed E-state index contributed by atoms with van der Waals surface area (Å²) in [6.07, 6.45) is 8.01. The Morgan fingerprint density at radius 2 is 2.00 bits per heavy atom. The summed E-state index contributed by atoms with van der Waals surface area (Å²) in [4.78, 5) is 26.9. The van der Waals surface area contributed by atoms with Gasteiger partial charge in [0.2, 0.25) is 0 Å². The Kier molecular flexibility index (Phi) is 4.72. The first-order valence-corrected chi connectivity index (χ1v) is 9.88. The van der Waals surface area contributed by atoms with Crippen molar-refractivity contribution in [3.63, 3.8) is 0 Å². The highest BCUT2D eigenvalue weighted by Gasteiger charge is 2.31. The van der Waals surface area contributed by atoms with Gasteiger partial charge in [-0.15, -0.1) is 0 Å². The zero-order chi connectivity index (χ0) is 19.0. The SMILES string of the molecule is CC1=C(CN2CCc3nc(-c4ccncc4)[nH]c(=O)c3C2)C(C)(C)CCC1. The fourth-order valence-electron chi connectivity index (χ4n) is 4.51. The molecule has 2 aromatic heterocycles. The predicted molar refractivity (Wildman–Crippen MR) is 107 cm³/mol. The van der Waals surface area contributed by atoms with Crippen molar-refractivity contribution >= 4 is 0 Å². The topological polar surface area (TPSA) is 61.9 Å². The van der Waals surface area contributed by atoms with Crippen LogP contribution in [0.3, 0.4) is 0 Å². The number of allylic oxidation sites excluding steroid dienone is 1. The summed E-state index contributed by atoms with van der Waals surface area (Å²) in [5.74, 6) is 0.640. The van der Waals surface area contributed by atoms with Crippen LogP contribution in [0.15, 0.2) is 40.5 Å². The van der Waals surface area contributed by atoms with Gasteiger partial charge in [-0.2, -0.15) is 0 Å². The summed E-state index contributed by atoms with van der Waals surface area (Å²) in [5.41, 5.74) is 6.02. The van der Waals surface area contributed by atoms with Gasteiger partial charge >= 0.3 is 0 Å². The second-order valence-electron chi connectivity index (χ2n) is 8.53. The number of pyridine rings is 1. The highest BCUT2D eigenvalue weighted by Crippen LogP contribution is 2.40. The van der Waals surface area contributed by atoms with E-state index in [9.17, 15) is 4.79 Å². The standard InChI is InChI=1S/C22H28N4O/c1-15-5-4-9-22(2,3)18(15)14-26-12-8-19-17(13-26)21(27)25-20(24-19)16-6-10-23-11-7-16/h6-7,10-11H,4-5,8-9,12-14H2,1-3H3,(H,24,25,27). The van der Waals surface area contributed by atoms with Gasteiger partial charge in [-0.05, 0) is 43.7 Å². The number of H-pyrrole nitrogens is 1. The lowest BCUT2D eigenvalue weighted by Gasteiger charge is -2.38. The molecule has 0 unspecified atom stereocenters. The van der Waals surface area contributed by atoms with E-state index in [0.717, 1.165) is 36.3 Å². The van der Waals surface area contributed by atoms with Gasteiger partial charge in [-0.1, -0.05) is 25.0 Å². The van der Waals surface area contributed by atoms with Gasteiger partial charge in [0.05, 0.1) is 11.3 Å². The predicted octanol–water partition coefficient (Wildman–Crippen LogP) is 3.72. The fourth-order valence-corrected chi connectivity index (χ4v) is 4.51. The first-order valence-electron chi connectivity index (χ1n) is 9.88. The summed E-state index contributed by atoms with van der Waals surface area (Å²) in [6.45, 7) is 9.59. The molecule has 4 rings (SSSR count). The van der Waals surface area contributed by atoms with Crippen molar-refractivity contribution < 1.29 is 0 Å². The number of aromatic nitrogens is 3. The van der Waals surface area contributed by atoms with Gasteiger partial charge in [-0.25, -0.2) is 4.98 Å². The van der Waals surface area contributed by atoms with Gasteiger partial charge in [0.1, 0.15) is 5.82 Å². The van der Waals surface area contributed by atoms with E-state index < -0.39 is 0 Å². The molecule has 142 valence electrons. The van der Waals surface area contributed by atoms with Gasteiger partial charge in [0, 0.05) is 44.0 Å². The van der Waals surface area contributed by atoms with Gasteiger partial charge in [-0.3, -0.25) is 14.7 Å². The highest BCUT2D eigenvalue weighted by atomic mass is 16.1. The molecule has 0 amide bonds. The molecule has 0 saturated carbocycles. The monoisotopic (exact) mass is 364 g/mol. The van der Waals surface area contributed by atoms with E-state index in [2.05, 4.69) is 35.6 Å². The zero-order valence-electron chi connectivity index (χ0n) is 16.5. The van der Waals surface area contributed by atoms with Crippen LogP contribution in [0, 0.1) is 5.41 Å². The third kappa shape index (κ3) is 3.61. The van der Waals surface area contributed by atoms with E-state index in [-0.39, 0.29) is 11.0 Å². The first kappa shape index (κ1) is 18.1. The third-order valence-corrected chi connectivity index (χ3v) is 6.17. The second kappa shape index (κ2) is 7.04. The Bertz CT molecular complexity index is 927. The molecule has 0 bridgehead atoms. The van der Waals surface area contributed by atoms with E-state index in [0.29, 0.717) is 12.4 Å². The van der Waals surface area contributed by atoms with Crippen LogP contribution in [0.1, 0.15) is 51.3 Å². The molecule has 1 aliphatic heterocycles. The van der Waals surface area contributed by atoms with Crippen molar-refractivity contribution in [2.45, 2.75) is 53.0 Å². The lowest BCUT2D eigenvalue weighted by Crippen LogP contribution is -2.39. The number of aromatic amines is 1. The number of nitrogens with zero attached hydrogens (tertiary/aromatic N) is 3. The van der Waals surface area contributed by atoms with Gasteiger partial charge in [0.15, 0.2) is 0 Å². The quantitative estimate of drug-likeness (QED) is 0.843. The molecule has 2 aromatic rings. The Morgan fingerprint density at radius 3 is 2.74 bits per heavy atom. The van der Waals surface area contributed by atoms with E-state index in [1.807, 2.05) is 12.1 Å². The van der Waals surface area contributed by atoms with Crippen LogP contribution < -0.4 is 5.56 Å². The van der Waals surface area contributed by atoms with Crippen LogP contribution >= 0.6 is 0 Å². The summed E-state index contributed by atoms with van der Waals surface area (Å²) >= 11 is 0. The molecular formula is C22H28N4O. The van der Waals surface area contributed by atoms with Crippen LogP contribution in [0.2, 0.25) is 0 Å². The third-order valence-electron chi connectivity index (χ3n) is 6.17. The van der Waals surface area contributed by atoms with Crippen molar-refractivity contribution in [2.75, 3.05) is 13.1 Å². The normalized spacial score (nSPS) is 19.8. The molecule has 0 atom stereocenters. The number of fused-ring (bicyclic) bond motifs is 1. The lowest BCUT2D eigenvalue weighted by molar-refractivity contribution is 0.238. The van der Waals surface area contributed by atoms with Crippen LogP contribution in [0.25, 0.3) is 11.4 Å². The lowest BCUT2D eigenvalue weighted by atomic mass is 9.72. The highest BCUT2D eigenvalue weighted by molar-refractivity contribution is 5.54. The van der Waals surface area contributed by atoms with Crippen molar-refractivity contribution in [2.24, 2.45) is 5.41 Å². The molecule has 0 aromatic carbocycles. The first-order chi connectivity index (χ1) is 12.9. The van der Waals surface area contributed by atoms with Crippen LogP contribution in [0.5, 0.6) is 0 Å². The average molecular weight is 364 g/mol. The number of nitrogens with one attached hydrogen (secondary N) is 1. The number of hydrogen-bond donors (Lipinski definition) is 1. The molecule has 0 saturated heterocycles. The minimum absolute atomic E-state index is 0.00915. The van der Waals surface area contributed by atoms with E-state index in [1.165, 1.54) is 24.8 Å². The molecule has 27 heavy (non-hydrogen) atoms. The Labute approximate surface area is 160 Å².